The summed E-state index contributed by atoms with van der Waals surface area (Å²) in [6.07, 6.45) is 1.49. The summed E-state index contributed by atoms with van der Waals surface area (Å²) in [7, 11) is 0. The predicted octanol–water partition coefficient (Wildman–Crippen LogP) is 0.0353. The Morgan fingerprint density at radius 2 is 2.47 bits per heavy atom. The normalized spacial score (nSPS) is 9.80. The molecule has 0 fully saturated rings. The lowest BCUT2D eigenvalue weighted by Gasteiger charge is -1.83. The van der Waals surface area contributed by atoms with Gasteiger partial charge in [0.15, 0.2) is 0 Å². The number of rotatable bonds is 2. The molecular formula is C8H5N5O2. The molecule has 2 rings (SSSR count). The van der Waals surface area contributed by atoms with Crippen molar-refractivity contribution in [3.05, 3.63) is 23.7 Å². The highest BCUT2D eigenvalue weighted by atomic mass is 16.5. The summed E-state index contributed by atoms with van der Waals surface area (Å²) >= 11 is 0. The third-order valence-corrected chi connectivity index (χ3v) is 1.69. The second-order valence-corrected chi connectivity index (χ2v) is 2.70. The number of aromatic amines is 1. The minimum atomic E-state index is -0.767. The van der Waals surface area contributed by atoms with Crippen molar-refractivity contribution < 1.29 is 9.32 Å². The number of carbonyl (C=O) groups excluding carboxylic acids is 1. The Kier molecular flexibility index (Phi) is 1.95. The fraction of sp³-hybridized carbons (Fsp3) is 0. The lowest BCUT2D eigenvalue weighted by molar-refractivity contribution is 0.0987. The molecule has 0 saturated heterocycles. The lowest BCUT2D eigenvalue weighted by atomic mass is 10.3. The van der Waals surface area contributed by atoms with Crippen LogP contribution in [-0.2, 0) is 0 Å². The van der Waals surface area contributed by atoms with Crippen LogP contribution in [0.1, 0.15) is 16.2 Å². The van der Waals surface area contributed by atoms with Gasteiger partial charge in [-0.3, -0.25) is 4.79 Å². The zero-order valence-corrected chi connectivity index (χ0v) is 7.39. The molecule has 0 bridgehead atoms. The van der Waals surface area contributed by atoms with Gasteiger partial charge in [0.25, 0.3) is 17.6 Å². The van der Waals surface area contributed by atoms with Gasteiger partial charge in [-0.15, -0.1) is 0 Å². The maximum Gasteiger partial charge on any atom is 0.290 e. The van der Waals surface area contributed by atoms with E-state index in [2.05, 4.69) is 15.1 Å². The van der Waals surface area contributed by atoms with Crippen LogP contribution in [0.4, 0.5) is 0 Å². The Morgan fingerprint density at radius 3 is 3.00 bits per heavy atom. The molecule has 0 spiro atoms. The summed E-state index contributed by atoms with van der Waals surface area (Å²) in [6, 6.07) is 3.46. The number of nitriles is 1. The predicted molar refractivity (Wildman–Crippen MR) is 47.3 cm³/mol. The maximum atomic E-state index is 10.7. The monoisotopic (exact) mass is 203 g/mol. The maximum absolute atomic E-state index is 10.7. The molecule has 15 heavy (non-hydrogen) atoms. The van der Waals surface area contributed by atoms with Gasteiger partial charge in [0, 0.05) is 6.20 Å². The second kappa shape index (κ2) is 3.26. The quantitative estimate of drug-likeness (QED) is 0.713. The highest BCUT2D eigenvalue weighted by Crippen LogP contribution is 2.16. The Bertz CT molecular complexity index is 547. The molecule has 0 aromatic carbocycles. The van der Waals surface area contributed by atoms with Crippen molar-refractivity contribution in [1.29, 1.82) is 5.26 Å². The SMILES string of the molecule is N#Cc1c[nH]c(-c2nc(C(N)=O)no2)c1. The number of nitrogens with one attached hydrogen (secondary N) is 1. The molecule has 7 heteroatoms. The summed E-state index contributed by atoms with van der Waals surface area (Å²) in [4.78, 5) is 17.2. The van der Waals surface area contributed by atoms with E-state index in [-0.39, 0.29) is 11.7 Å². The van der Waals surface area contributed by atoms with E-state index in [4.69, 9.17) is 15.5 Å². The van der Waals surface area contributed by atoms with E-state index in [1.54, 1.807) is 0 Å². The molecule has 3 N–H and O–H groups in total. The first-order valence-corrected chi connectivity index (χ1v) is 3.93. The van der Waals surface area contributed by atoms with Gasteiger partial charge in [-0.1, -0.05) is 5.16 Å². The Balaban J connectivity index is 2.38. The van der Waals surface area contributed by atoms with Crippen LogP contribution in [0.15, 0.2) is 16.8 Å². The molecule has 0 radical (unpaired) electrons. The summed E-state index contributed by atoms with van der Waals surface area (Å²) in [5, 5.41) is 11.9. The van der Waals surface area contributed by atoms with Gasteiger partial charge in [0.2, 0.25) is 0 Å². The standard InChI is InChI=1S/C8H5N5O2/c9-2-4-1-5(11-3-4)8-12-7(6(10)14)13-15-8/h1,3,11H,(H2,10,14). The molecule has 0 aliphatic heterocycles. The first-order chi connectivity index (χ1) is 7.20. The highest BCUT2D eigenvalue weighted by molar-refractivity contribution is 5.88. The molecule has 2 aromatic rings. The van der Waals surface area contributed by atoms with Crippen molar-refractivity contribution in [2.24, 2.45) is 5.73 Å². The van der Waals surface area contributed by atoms with Crippen LogP contribution >= 0.6 is 0 Å². The number of H-pyrrole nitrogens is 1. The molecule has 2 aromatic heterocycles. The zero-order valence-electron chi connectivity index (χ0n) is 7.39. The first kappa shape index (κ1) is 8.96. The largest absolute Gasteiger partial charge is 0.363 e. The van der Waals surface area contributed by atoms with E-state index < -0.39 is 5.91 Å². The Labute approximate surface area is 83.5 Å². The van der Waals surface area contributed by atoms with Crippen molar-refractivity contribution in [2.45, 2.75) is 0 Å². The molecule has 0 aliphatic rings. The molecule has 1 amide bonds. The van der Waals surface area contributed by atoms with E-state index >= 15 is 0 Å². The number of amides is 1. The fourth-order valence-corrected chi connectivity index (χ4v) is 1.02. The minimum absolute atomic E-state index is 0.116. The van der Waals surface area contributed by atoms with Crippen molar-refractivity contribution in [2.75, 3.05) is 0 Å². The lowest BCUT2D eigenvalue weighted by Crippen LogP contribution is -2.12. The van der Waals surface area contributed by atoms with Crippen LogP contribution in [-0.4, -0.2) is 21.0 Å². The van der Waals surface area contributed by atoms with Crippen LogP contribution in [0.2, 0.25) is 0 Å². The van der Waals surface area contributed by atoms with E-state index in [1.807, 2.05) is 6.07 Å². The Hall–Kier alpha value is -2.62. The number of nitrogens with zero attached hydrogens (tertiary/aromatic N) is 3. The molecule has 7 nitrogen and oxygen atoms in total. The van der Waals surface area contributed by atoms with E-state index in [9.17, 15) is 4.79 Å². The fourth-order valence-electron chi connectivity index (χ4n) is 1.02. The van der Waals surface area contributed by atoms with Crippen molar-refractivity contribution in [1.82, 2.24) is 15.1 Å². The van der Waals surface area contributed by atoms with Crippen molar-refractivity contribution in [3.63, 3.8) is 0 Å². The number of hydrogen-bond donors (Lipinski definition) is 2. The average Bonchev–Trinajstić information content (AvgIpc) is 2.86. The molecular weight excluding hydrogens is 198 g/mol. The summed E-state index contributed by atoms with van der Waals surface area (Å²) in [5.41, 5.74) is 5.85. The number of hydrogen-bond acceptors (Lipinski definition) is 5. The smallest absolute Gasteiger partial charge is 0.290 e. The van der Waals surface area contributed by atoms with Crippen LogP contribution < -0.4 is 5.73 Å². The van der Waals surface area contributed by atoms with Crippen molar-refractivity contribution >= 4 is 5.91 Å². The van der Waals surface area contributed by atoms with Crippen molar-refractivity contribution in [3.8, 4) is 17.7 Å². The van der Waals surface area contributed by atoms with Gasteiger partial charge in [0.05, 0.1) is 5.56 Å². The van der Waals surface area contributed by atoms with Crippen LogP contribution in [0, 0.1) is 11.3 Å². The first-order valence-electron chi connectivity index (χ1n) is 3.93. The summed E-state index contributed by atoms with van der Waals surface area (Å²) in [5.74, 6) is -0.847. The molecule has 0 aliphatic carbocycles. The number of aromatic nitrogens is 3. The number of carbonyl (C=O) groups is 1. The van der Waals surface area contributed by atoms with Gasteiger partial charge < -0.3 is 15.2 Å². The molecule has 2 heterocycles. The number of nitrogens with two attached hydrogens (primary N) is 1. The van der Waals surface area contributed by atoms with Gasteiger partial charge in [0.1, 0.15) is 11.8 Å². The van der Waals surface area contributed by atoms with Gasteiger partial charge in [-0.05, 0) is 6.07 Å². The topological polar surface area (TPSA) is 122 Å². The van der Waals surface area contributed by atoms with E-state index in [0.717, 1.165) is 0 Å². The Morgan fingerprint density at radius 1 is 1.67 bits per heavy atom. The minimum Gasteiger partial charge on any atom is -0.363 e. The third kappa shape index (κ3) is 1.55. The van der Waals surface area contributed by atoms with Gasteiger partial charge >= 0.3 is 0 Å². The van der Waals surface area contributed by atoms with Gasteiger partial charge in [-0.25, -0.2) is 0 Å². The van der Waals surface area contributed by atoms with E-state index in [1.165, 1.54) is 12.3 Å². The van der Waals surface area contributed by atoms with Crippen LogP contribution in [0.3, 0.4) is 0 Å². The summed E-state index contributed by atoms with van der Waals surface area (Å²) in [6.45, 7) is 0. The molecule has 0 atom stereocenters. The van der Waals surface area contributed by atoms with Crippen LogP contribution in [0.5, 0.6) is 0 Å². The van der Waals surface area contributed by atoms with Crippen LogP contribution in [0.25, 0.3) is 11.6 Å². The molecule has 74 valence electrons. The van der Waals surface area contributed by atoms with Gasteiger partial charge in [-0.2, -0.15) is 10.2 Å². The molecule has 0 saturated carbocycles. The average molecular weight is 203 g/mol. The zero-order chi connectivity index (χ0) is 10.8. The number of primary amides is 1. The highest BCUT2D eigenvalue weighted by Gasteiger charge is 2.13. The molecule has 0 unspecified atom stereocenters. The summed E-state index contributed by atoms with van der Waals surface area (Å²) < 4.78 is 4.77. The third-order valence-electron chi connectivity index (χ3n) is 1.69. The van der Waals surface area contributed by atoms with E-state index in [0.29, 0.717) is 11.3 Å². The second-order valence-electron chi connectivity index (χ2n) is 2.70.